The molecule has 1 heterocycles. The van der Waals surface area contributed by atoms with Crippen molar-refractivity contribution in [3.63, 3.8) is 0 Å². The predicted octanol–water partition coefficient (Wildman–Crippen LogP) is 3.95. The first kappa shape index (κ1) is 17.5. The molecule has 122 valence electrons. The fourth-order valence-electron chi connectivity index (χ4n) is 2.45. The van der Waals surface area contributed by atoms with E-state index in [1.165, 1.54) is 17.3 Å². The molecule has 2 rings (SSSR count). The van der Waals surface area contributed by atoms with E-state index in [9.17, 15) is 4.79 Å². The molecule has 1 N–H and O–H groups in total. The number of aromatic nitrogens is 2. The molecule has 0 fully saturated rings. The summed E-state index contributed by atoms with van der Waals surface area (Å²) in [5, 5.41) is 3.72. The minimum Gasteiger partial charge on any atom is -0.326 e. The molecular formula is C18H23N3OS. The van der Waals surface area contributed by atoms with Crippen LogP contribution in [0.2, 0.25) is 0 Å². The van der Waals surface area contributed by atoms with Gasteiger partial charge in [0.05, 0.1) is 0 Å². The van der Waals surface area contributed by atoms with Gasteiger partial charge >= 0.3 is 0 Å². The van der Waals surface area contributed by atoms with Crippen LogP contribution in [-0.4, -0.2) is 22.1 Å². The number of carbonyl (C=O) groups is 1. The maximum absolute atomic E-state index is 12.1. The van der Waals surface area contributed by atoms with Crippen LogP contribution in [0.25, 0.3) is 0 Å². The lowest BCUT2D eigenvalue weighted by Crippen LogP contribution is -2.13. The summed E-state index contributed by atoms with van der Waals surface area (Å²) in [4.78, 5) is 21.0. The van der Waals surface area contributed by atoms with Crippen LogP contribution in [0.4, 0.5) is 5.69 Å². The van der Waals surface area contributed by atoms with Gasteiger partial charge in [0.25, 0.3) is 0 Å². The third kappa shape index (κ3) is 4.79. The molecule has 1 aromatic carbocycles. The summed E-state index contributed by atoms with van der Waals surface area (Å²) in [5.74, 6) is 0.0157. The maximum Gasteiger partial charge on any atom is 0.224 e. The van der Waals surface area contributed by atoms with E-state index in [4.69, 9.17) is 0 Å². The topological polar surface area (TPSA) is 54.9 Å². The van der Waals surface area contributed by atoms with Gasteiger partial charge < -0.3 is 5.32 Å². The average Bonchev–Trinajstić information content (AvgIpc) is 2.54. The molecule has 0 aliphatic carbocycles. The number of hydrogen-bond acceptors (Lipinski definition) is 4. The Hall–Kier alpha value is -1.88. The smallest absolute Gasteiger partial charge is 0.224 e. The van der Waals surface area contributed by atoms with Gasteiger partial charge in [-0.15, -0.1) is 0 Å². The number of amides is 1. The van der Waals surface area contributed by atoms with Crippen LogP contribution in [0.15, 0.2) is 29.4 Å². The fraction of sp³-hybridized carbons (Fsp3) is 0.389. The summed E-state index contributed by atoms with van der Waals surface area (Å²) < 4.78 is 0. The van der Waals surface area contributed by atoms with E-state index in [0.717, 1.165) is 34.2 Å². The Morgan fingerprint density at radius 2 is 1.74 bits per heavy atom. The SMILES string of the molecule is CCc1ccc(NC(=O)CCc2c(C)nc(SC)nc2C)cc1. The lowest BCUT2D eigenvalue weighted by atomic mass is 10.1. The van der Waals surface area contributed by atoms with Gasteiger partial charge in [0.2, 0.25) is 5.91 Å². The predicted molar refractivity (Wildman–Crippen MR) is 96.1 cm³/mol. The monoisotopic (exact) mass is 329 g/mol. The number of anilines is 1. The first-order chi connectivity index (χ1) is 11.0. The quantitative estimate of drug-likeness (QED) is 0.644. The van der Waals surface area contributed by atoms with E-state index < -0.39 is 0 Å². The van der Waals surface area contributed by atoms with Crippen molar-refractivity contribution in [2.75, 3.05) is 11.6 Å². The minimum atomic E-state index is 0.0157. The molecule has 0 spiro atoms. The van der Waals surface area contributed by atoms with E-state index in [1.54, 1.807) is 0 Å². The molecule has 0 saturated carbocycles. The van der Waals surface area contributed by atoms with E-state index in [1.807, 2.05) is 44.4 Å². The first-order valence-electron chi connectivity index (χ1n) is 7.80. The number of nitrogens with zero attached hydrogens (tertiary/aromatic N) is 2. The number of thioether (sulfide) groups is 1. The summed E-state index contributed by atoms with van der Waals surface area (Å²) >= 11 is 1.53. The van der Waals surface area contributed by atoms with Gasteiger partial charge in [-0.2, -0.15) is 0 Å². The van der Waals surface area contributed by atoms with Gasteiger partial charge in [0.15, 0.2) is 5.16 Å². The molecule has 0 aliphatic rings. The van der Waals surface area contributed by atoms with Crippen LogP contribution in [-0.2, 0) is 17.6 Å². The first-order valence-corrected chi connectivity index (χ1v) is 9.02. The fourth-order valence-corrected chi connectivity index (χ4v) is 2.90. The van der Waals surface area contributed by atoms with Gasteiger partial charge in [-0.3, -0.25) is 4.79 Å². The van der Waals surface area contributed by atoms with Crippen molar-refractivity contribution in [2.24, 2.45) is 0 Å². The van der Waals surface area contributed by atoms with Crippen LogP contribution < -0.4 is 5.32 Å². The zero-order valence-corrected chi connectivity index (χ0v) is 15.0. The third-order valence-corrected chi connectivity index (χ3v) is 4.38. The molecular weight excluding hydrogens is 306 g/mol. The number of hydrogen-bond donors (Lipinski definition) is 1. The lowest BCUT2D eigenvalue weighted by molar-refractivity contribution is -0.116. The second kappa shape index (κ2) is 8.11. The van der Waals surface area contributed by atoms with Crippen LogP contribution in [0.3, 0.4) is 0 Å². The Morgan fingerprint density at radius 1 is 1.13 bits per heavy atom. The van der Waals surface area contributed by atoms with E-state index in [-0.39, 0.29) is 5.91 Å². The van der Waals surface area contributed by atoms with Gasteiger partial charge in [0.1, 0.15) is 0 Å². The second-order valence-electron chi connectivity index (χ2n) is 5.46. The van der Waals surface area contributed by atoms with E-state index >= 15 is 0 Å². The molecule has 0 unspecified atom stereocenters. The zero-order chi connectivity index (χ0) is 16.8. The molecule has 23 heavy (non-hydrogen) atoms. The molecule has 0 bridgehead atoms. The van der Waals surface area contributed by atoms with Crippen LogP contribution in [0, 0.1) is 13.8 Å². The molecule has 1 aromatic heterocycles. The summed E-state index contributed by atoms with van der Waals surface area (Å²) in [6.45, 7) is 6.07. The van der Waals surface area contributed by atoms with Gasteiger partial charge in [-0.1, -0.05) is 30.8 Å². The summed E-state index contributed by atoms with van der Waals surface area (Å²) in [7, 11) is 0. The molecule has 5 heteroatoms. The molecule has 1 amide bonds. The molecule has 0 atom stereocenters. The third-order valence-electron chi connectivity index (χ3n) is 3.83. The highest BCUT2D eigenvalue weighted by Crippen LogP contribution is 2.17. The summed E-state index contributed by atoms with van der Waals surface area (Å²) in [6.07, 6.45) is 4.05. The van der Waals surface area contributed by atoms with Gasteiger partial charge in [-0.25, -0.2) is 9.97 Å². The van der Waals surface area contributed by atoms with Crippen LogP contribution in [0.1, 0.15) is 35.9 Å². The van der Waals surface area contributed by atoms with Crippen molar-refractivity contribution in [1.29, 1.82) is 0 Å². The number of rotatable bonds is 6. The van der Waals surface area contributed by atoms with Crippen molar-refractivity contribution < 1.29 is 4.79 Å². The minimum absolute atomic E-state index is 0.0157. The summed E-state index contributed by atoms with van der Waals surface area (Å²) in [6, 6.07) is 7.98. The highest BCUT2D eigenvalue weighted by Gasteiger charge is 2.10. The van der Waals surface area contributed by atoms with Crippen LogP contribution in [0.5, 0.6) is 0 Å². The van der Waals surface area contributed by atoms with Crippen molar-refractivity contribution >= 4 is 23.4 Å². The average molecular weight is 329 g/mol. The molecule has 0 radical (unpaired) electrons. The second-order valence-corrected chi connectivity index (χ2v) is 6.23. The van der Waals surface area contributed by atoms with Gasteiger partial charge in [-0.05, 0) is 56.2 Å². The number of aryl methyl sites for hydroxylation is 3. The molecule has 0 saturated heterocycles. The number of carbonyl (C=O) groups excluding carboxylic acids is 1. The van der Waals surface area contributed by atoms with Crippen molar-refractivity contribution in [1.82, 2.24) is 9.97 Å². The molecule has 4 nitrogen and oxygen atoms in total. The highest BCUT2D eigenvalue weighted by molar-refractivity contribution is 7.98. The Labute approximate surface area is 142 Å². The summed E-state index contributed by atoms with van der Waals surface area (Å²) in [5.41, 5.74) is 5.10. The van der Waals surface area contributed by atoms with E-state index in [2.05, 4.69) is 22.2 Å². The van der Waals surface area contributed by atoms with Gasteiger partial charge in [0, 0.05) is 23.5 Å². The highest BCUT2D eigenvalue weighted by atomic mass is 32.2. The lowest BCUT2D eigenvalue weighted by Gasteiger charge is -2.10. The van der Waals surface area contributed by atoms with Crippen molar-refractivity contribution in [3.05, 3.63) is 46.8 Å². The zero-order valence-electron chi connectivity index (χ0n) is 14.1. The Balaban J connectivity index is 1.96. The normalized spacial score (nSPS) is 10.6. The van der Waals surface area contributed by atoms with E-state index in [0.29, 0.717) is 12.8 Å². The Morgan fingerprint density at radius 3 is 2.26 bits per heavy atom. The van der Waals surface area contributed by atoms with Crippen molar-refractivity contribution in [3.8, 4) is 0 Å². The Kier molecular flexibility index (Phi) is 6.16. The molecule has 0 aliphatic heterocycles. The number of benzene rings is 1. The maximum atomic E-state index is 12.1. The largest absolute Gasteiger partial charge is 0.326 e. The van der Waals surface area contributed by atoms with Crippen LogP contribution >= 0.6 is 11.8 Å². The standard InChI is InChI=1S/C18H23N3OS/c1-5-14-6-8-15(9-7-14)21-17(22)11-10-16-12(2)19-18(23-4)20-13(16)3/h6-9H,5,10-11H2,1-4H3,(H,21,22). The van der Waals surface area contributed by atoms with Crippen molar-refractivity contribution in [2.45, 2.75) is 45.2 Å². The Bertz CT molecular complexity index is 660. The number of nitrogens with one attached hydrogen (secondary N) is 1. The molecule has 2 aromatic rings.